The first-order chi connectivity index (χ1) is 15.1. The Balaban J connectivity index is 1.76. The molecule has 0 bridgehead atoms. The summed E-state index contributed by atoms with van der Waals surface area (Å²) < 4.78 is 1.53. The zero-order valence-corrected chi connectivity index (χ0v) is 17.8. The van der Waals surface area contributed by atoms with Gasteiger partial charge in [0.25, 0.3) is 5.91 Å². The van der Waals surface area contributed by atoms with E-state index in [1.165, 1.54) is 17.1 Å². The van der Waals surface area contributed by atoms with Crippen molar-refractivity contribution in [1.82, 2.24) is 14.9 Å². The van der Waals surface area contributed by atoms with Crippen molar-refractivity contribution in [3.8, 4) is 0 Å². The molecule has 162 valence electrons. The van der Waals surface area contributed by atoms with Gasteiger partial charge in [0.15, 0.2) is 0 Å². The number of aliphatic carboxylic acids is 1. The van der Waals surface area contributed by atoms with Crippen molar-refractivity contribution < 1.29 is 14.7 Å². The van der Waals surface area contributed by atoms with Crippen molar-refractivity contribution in [3.63, 3.8) is 0 Å². The average Bonchev–Trinajstić information content (AvgIpc) is 3.28. The van der Waals surface area contributed by atoms with Crippen LogP contribution in [-0.2, 0) is 4.79 Å². The second-order valence-corrected chi connectivity index (χ2v) is 7.64. The van der Waals surface area contributed by atoms with Gasteiger partial charge in [-0.25, -0.2) is 9.78 Å². The molecule has 1 amide bonds. The minimum Gasteiger partial charge on any atom is -0.480 e. The predicted molar refractivity (Wildman–Crippen MR) is 120 cm³/mol. The van der Waals surface area contributed by atoms with Crippen LogP contribution in [0.3, 0.4) is 0 Å². The lowest BCUT2D eigenvalue weighted by molar-refractivity contribution is -0.141. The summed E-state index contributed by atoms with van der Waals surface area (Å²) in [6.07, 6.45) is 7.49. The number of carboxylic acids is 1. The summed E-state index contributed by atoms with van der Waals surface area (Å²) in [4.78, 5) is 28.9. The van der Waals surface area contributed by atoms with Gasteiger partial charge in [0, 0.05) is 6.20 Å². The van der Waals surface area contributed by atoms with E-state index >= 15 is 0 Å². The topological polar surface area (TPSA) is 84.2 Å². The number of unbranched alkanes of at least 4 members (excludes halogenated alkanes) is 3. The Kier molecular flexibility index (Phi) is 7.98. The number of nitrogens with zero attached hydrogens (tertiary/aromatic N) is 2. The molecule has 0 radical (unpaired) electrons. The molecule has 3 rings (SSSR count). The van der Waals surface area contributed by atoms with E-state index in [1.807, 2.05) is 60.7 Å². The molecule has 6 heteroatoms. The molecule has 0 spiro atoms. The Bertz CT molecular complexity index is 930. The normalized spacial score (nSPS) is 11.9. The monoisotopic (exact) mass is 419 g/mol. The van der Waals surface area contributed by atoms with Gasteiger partial charge in [0.05, 0.1) is 12.4 Å². The van der Waals surface area contributed by atoms with Crippen LogP contribution in [0, 0.1) is 0 Å². The fourth-order valence-electron chi connectivity index (χ4n) is 3.64. The molecule has 0 fully saturated rings. The zero-order valence-electron chi connectivity index (χ0n) is 17.8. The predicted octanol–water partition coefficient (Wildman–Crippen LogP) is 5.00. The van der Waals surface area contributed by atoms with Gasteiger partial charge >= 0.3 is 5.97 Å². The van der Waals surface area contributed by atoms with Crippen LogP contribution >= 0.6 is 0 Å². The van der Waals surface area contributed by atoms with Gasteiger partial charge in [-0.1, -0.05) is 93.3 Å². The van der Waals surface area contributed by atoms with E-state index in [4.69, 9.17) is 0 Å². The summed E-state index contributed by atoms with van der Waals surface area (Å²) in [6.45, 7) is 2.12. The average molecular weight is 420 g/mol. The Morgan fingerprint density at radius 3 is 2.13 bits per heavy atom. The van der Waals surface area contributed by atoms with Gasteiger partial charge in [0.1, 0.15) is 11.7 Å². The van der Waals surface area contributed by atoms with E-state index in [-0.39, 0.29) is 17.6 Å². The first-order valence-electron chi connectivity index (χ1n) is 10.8. The molecule has 3 aromatic rings. The Morgan fingerprint density at radius 1 is 0.968 bits per heavy atom. The molecular weight excluding hydrogens is 390 g/mol. The summed E-state index contributed by atoms with van der Waals surface area (Å²) in [5, 5.41) is 12.7. The van der Waals surface area contributed by atoms with E-state index < -0.39 is 12.0 Å². The molecule has 0 aliphatic rings. The first-order valence-corrected chi connectivity index (χ1v) is 10.8. The summed E-state index contributed by atoms with van der Waals surface area (Å²) in [6, 6.07) is 18.4. The van der Waals surface area contributed by atoms with Gasteiger partial charge in [-0.05, 0) is 17.5 Å². The molecule has 2 N–H and O–H groups in total. The number of hydrogen-bond acceptors (Lipinski definition) is 3. The molecule has 1 heterocycles. The molecule has 1 atom stereocenters. The summed E-state index contributed by atoms with van der Waals surface area (Å²) >= 11 is 0. The second kappa shape index (κ2) is 11.1. The van der Waals surface area contributed by atoms with Crippen LogP contribution in [0.15, 0.2) is 73.2 Å². The third kappa shape index (κ3) is 6.04. The van der Waals surface area contributed by atoms with Crippen LogP contribution in [0.4, 0.5) is 0 Å². The molecule has 0 aliphatic carbocycles. The molecular formula is C25H29N3O3. The highest BCUT2D eigenvalue weighted by atomic mass is 16.4. The maximum Gasteiger partial charge on any atom is 0.326 e. The van der Waals surface area contributed by atoms with E-state index in [0.29, 0.717) is 6.42 Å². The van der Waals surface area contributed by atoms with Crippen LogP contribution in [0.5, 0.6) is 0 Å². The number of rotatable bonds is 11. The summed E-state index contributed by atoms with van der Waals surface area (Å²) in [5.74, 6) is -1.25. The summed E-state index contributed by atoms with van der Waals surface area (Å²) in [7, 11) is 0. The molecule has 1 unspecified atom stereocenters. The minimum absolute atomic E-state index is 0.205. The summed E-state index contributed by atoms with van der Waals surface area (Å²) in [5.41, 5.74) is 2.12. The van der Waals surface area contributed by atoms with Crippen LogP contribution in [0.2, 0.25) is 0 Å². The van der Waals surface area contributed by atoms with E-state index in [9.17, 15) is 14.7 Å². The number of aromatic nitrogens is 2. The number of imidazole rings is 1. The quantitative estimate of drug-likeness (QED) is 0.429. The number of carbonyl (C=O) groups excluding carboxylic acids is 1. The molecule has 0 saturated heterocycles. The standard InChI is InChI=1S/C25H29N3O3/c1-2-3-4-11-16-22(25(30)31)28-17-21(26-18-28)24(29)27-23(19-12-7-5-8-13-19)20-14-9-6-10-15-20/h5-10,12-15,17-18,22-23H,2-4,11,16H2,1H3,(H,27,29)(H,30,31). The van der Waals surface area contributed by atoms with Crippen LogP contribution in [-0.4, -0.2) is 26.5 Å². The van der Waals surface area contributed by atoms with Crippen molar-refractivity contribution in [3.05, 3.63) is 90.0 Å². The first kappa shape index (κ1) is 22.3. The van der Waals surface area contributed by atoms with Crippen molar-refractivity contribution in [1.29, 1.82) is 0 Å². The third-order valence-electron chi connectivity index (χ3n) is 5.35. The number of amides is 1. The minimum atomic E-state index is -0.910. The molecule has 31 heavy (non-hydrogen) atoms. The van der Waals surface area contributed by atoms with Gasteiger partial charge < -0.3 is 15.0 Å². The fraction of sp³-hybridized carbons (Fsp3) is 0.320. The number of carboxylic acid groups (broad SMARTS) is 1. The Morgan fingerprint density at radius 2 is 1.58 bits per heavy atom. The Labute approximate surface area is 183 Å². The maximum absolute atomic E-state index is 13.0. The molecule has 0 saturated carbocycles. The van der Waals surface area contributed by atoms with Gasteiger partial charge in [-0.3, -0.25) is 4.79 Å². The lowest BCUT2D eigenvalue weighted by Gasteiger charge is -2.19. The van der Waals surface area contributed by atoms with E-state index in [0.717, 1.165) is 36.8 Å². The molecule has 1 aromatic heterocycles. The van der Waals surface area contributed by atoms with E-state index in [2.05, 4.69) is 17.2 Å². The molecule has 0 aliphatic heterocycles. The number of carbonyl (C=O) groups is 2. The third-order valence-corrected chi connectivity index (χ3v) is 5.35. The lowest BCUT2D eigenvalue weighted by atomic mass is 9.98. The fourth-order valence-corrected chi connectivity index (χ4v) is 3.64. The SMILES string of the molecule is CCCCCCC(C(=O)O)n1cnc(C(=O)NC(c2ccccc2)c2ccccc2)c1. The number of nitrogens with one attached hydrogen (secondary N) is 1. The largest absolute Gasteiger partial charge is 0.480 e. The number of benzene rings is 2. The molecule has 6 nitrogen and oxygen atoms in total. The van der Waals surface area contributed by atoms with Crippen LogP contribution in [0.25, 0.3) is 0 Å². The molecule has 2 aromatic carbocycles. The van der Waals surface area contributed by atoms with Gasteiger partial charge in [-0.15, -0.1) is 0 Å². The van der Waals surface area contributed by atoms with Crippen molar-refractivity contribution in [2.24, 2.45) is 0 Å². The van der Waals surface area contributed by atoms with Crippen molar-refractivity contribution in [2.45, 2.75) is 51.1 Å². The maximum atomic E-state index is 13.0. The van der Waals surface area contributed by atoms with Crippen molar-refractivity contribution in [2.75, 3.05) is 0 Å². The second-order valence-electron chi connectivity index (χ2n) is 7.64. The van der Waals surface area contributed by atoms with Crippen LogP contribution < -0.4 is 5.32 Å². The smallest absolute Gasteiger partial charge is 0.326 e. The van der Waals surface area contributed by atoms with Gasteiger partial charge in [0.2, 0.25) is 0 Å². The van der Waals surface area contributed by atoms with Crippen molar-refractivity contribution >= 4 is 11.9 Å². The van der Waals surface area contributed by atoms with Gasteiger partial charge in [-0.2, -0.15) is 0 Å². The highest BCUT2D eigenvalue weighted by Gasteiger charge is 2.23. The lowest BCUT2D eigenvalue weighted by Crippen LogP contribution is -2.29. The Hall–Kier alpha value is -3.41. The van der Waals surface area contributed by atoms with Crippen LogP contribution in [0.1, 0.15) is 72.7 Å². The number of hydrogen-bond donors (Lipinski definition) is 2. The zero-order chi connectivity index (χ0) is 22.1. The van der Waals surface area contributed by atoms with E-state index in [1.54, 1.807) is 0 Å². The highest BCUT2D eigenvalue weighted by Crippen LogP contribution is 2.23. The highest BCUT2D eigenvalue weighted by molar-refractivity contribution is 5.92.